The molecule has 0 heterocycles. The van der Waals surface area contributed by atoms with E-state index >= 15 is 0 Å². The first-order valence-corrected chi connectivity index (χ1v) is 6.24. The number of hydrogen-bond donors (Lipinski definition) is 3. The van der Waals surface area contributed by atoms with Gasteiger partial charge < -0.3 is 15.3 Å². The molecule has 2 rings (SSSR count). The standard InChI is InChI=1S/C15H12N2O5.CH4/c18-13-6-5-11(8-12(13)15(21)22)17-16-10-3-1-9(2-4-10)7-14(19)20;/h1-6,8,18H,7H2,(H,19,20)(H,21,22);1H4. The molecule has 7 heteroatoms. The molecule has 0 amide bonds. The predicted octanol–water partition coefficient (Wildman–Crippen LogP) is 3.77. The molecule has 0 aliphatic carbocycles. The number of hydrogen-bond acceptors (Lipinski definition) is 5. The van der Waals surface area contributed by atoms with Crippen molar-refractivity contribution in [1.29, 1.82) is 0 Å². The molecular weight excluding hydrogens is 300 g/mol. The van der Waals surface area contributed by atoms with Crippen LogP contribution >= 0.6 is 0 Å². The average molecular weight is 316 g/mol. The third-order valence-corrected chi connectivity index (χ3v) is 2.78. The maximum absolute atomic E-state index is 10.9. The summed E-state index contributed by atoms with van der Waals surface area (Å²) in [7, 11) is 0. The summed E-state index contributed by atoms with van der Waals surface area (Å²) in [6, 6.07) is 10.3. The van der Waals surface area contributed by atoms with Gasteiger partial charge in [-0.05, 0) is 35.9 Å². The molecule has 0 aliphatic heterocycles. The van der Waals surface area contributed by atoms with Gasteiger partial charge in [0.15, 0.2) is 0 Å². The van der Waals surface area contributed by atoms with Crippen molar-refractivity contribution in [2.45, 2.75) is 13.8 Å². The number of rotatable bonds is 5. The zero-order valence-corrected chi connectivity index (χ0v) is 11.3. The van der Waals surface area contributed by atoms with E-state index in [2.05, 4.69) is 10.2 Å². The van der Waals surface area contributed by atoms with Crippen LogP contribution in [-0.4, -0.2) is 27.3 Å². The lowest BCUT2D eigenvalue weighted by atomic mass is 10.1. The second-order valence-electron chi connectivity index (χ2n) is 4.44. The van der Waals surface area contributed by atoms with Gasteiger partial charge in [-0.3, -0.25) is 4.79 Å². The monoisotopic (exact) mass is 316 g/mol. The number of phenols is 1. The Hall–Kier alpha value is -3.22. The number of carboxylic acids is 2. The Morgan fingerprint density at radius 1 is 0.913 bits per heavy atom. The molecule has 0 unspecified atom stereocenters. The maximum Gasteiger partial charge on any atom is 0.339 e. The van der Waals surface area contributed by atoms with Crippen LogP contribution in [0.1, 0.15) is 23.3 Å². The van der Waals surface area contributed by atoms with E-state index in [1.807, 2.05) is 0 Å². The number of aromatic carboxylic acids is 1. The summed E-state index contributed by atoms with van der Waals surface area (Å²) in [4.78, 5) is 21.5. The van der Waals surface area contributed by atoms with Gasteiger partial charge in [0.25, 0.3) is 0 Å². The van der Waals surface area contributed by atoms with Crippen LogP contribution in [0.4, 0.5) is 11.4 Å². The van der Waals surface area contributed by atoms with Gasteiger partial charge in [0.05, 0.1) is 17.8 Å². The molecule has 3 N–H and O–H groups in total. The molecule has 120 valence electrons. The number of aromatic hydroxyl groups is 1. The fraction of sp³-hybridized carbons (Fsp3) is 0.125. The van der Waals surface area contributed by atoms with Crippen molar-refractivity contribution in [3.05, 3.63) is 53.6 Å². The van der Waals surface area contributed by atoms with Crippen LogP contribution in [0.3, 0.4) is 0 Å². The Labute approximate surface area is 132 Å². The largest absolute Gasteiger partial charge is 0.507 e. The van der Waals surface area contributed by atoms with Crippen molar-refractivity contribution in [2.75, 3.05) is 0 Å². The van der Waals surface area contributed by atoms with Gasteiger partial charge in [0, 0.05) is 0 Å². The summed E-state index contributed by atoms with van der Waals surface area (Å²) in [6.45, 7) is 0. The van der Waals surface area contributed by atoms with Crippen LogP contribution in [0.25, 0.3) is 0 Å². The highest BCUT2D eigenvalue weighted by molar-refractivity contribution is 5.91. The highest BCUT2D eigenvalue weighted by Crippen LogP contribution is 2.25. The zero-order valence-electron chi connectivity index (χ0n) is 11.3. The van der Waals surface area contributed by atoms with Crippen molar-refractivity contribution in [3.63, 3.8) is 0 Å². The van der Waals surface area contributed by atoms with Crippen molar-refractivity contribution in [1.82, 2.24) is 0 Å². The SMILES string of the molecule is C.O=C(O)Cc1ccc(N=Nc2ccc(O)c(C(=O)O)c2)cc1. The van der Waals surface area contributed by atoms with Gasteiger partial charge >= 0.3 is 11.9 Å². The molecule has 2 aromatic rings. The predicted molar refractivity (Wildman–Crippen MR) is 83.8 cm³/mol. The summed E-state index contributed by atoms with van der Waals surface area (Å²) in [5.41, 5.74) is 1.17. The number of azo groups is 1. The van der Waals surface area contributed by atoms with Gasteiger partial charge in [0.1, 0.15) is 11.3 Å². The first kappa shape index (κ1) is 17.8. The van der Waals surface area contributed by atoms with E-state index in [0.717, 1.165) is 0 Å². The van der Waals surface area contributed by atoms with Crippen molar-refractivity contribution in [3.8, 4) is 5.75 Å². The second-order valence-corrected chi connectivity index (χ2v) is 4.44. The highest BCUT2D eigenvalue weighted by atomic mass is 16.4. The molecule has 0 bridgehead atoms. The van der Waals surface area contributed by atoms with Gasteiger partial charge in [0.2, 0.25) is 0 Å². The second kappa shape index (κ2) is 7.69. The van der Waals surface area contributed by atoms with E-state index in [4.69, 9.17) is 10.2 Å². The maximum atomic E-state index is 10.9. The smallest absolute Gasteiger partial charge is 0.339 e. The van der Waals surface area contributed by atoms with Crippen molar-refractivity contribution in [2.24, 2.45) is 10.2 Å². The highest BCUT2D eigenvalue weighted by Gasteiger charge is 2.09. The molecule has 0 atom stereocenters. The van der Waals surface area contributed by atoms with Crippen LogP contribution in [0.15, 0.2) is 52.7 Å². The fourth-order valence-electron chi connectivity index (χ4n) is 1.73. The normalized spacial score (nSPS) is 10.3. The van der Waals surface area contributed by atoms with Gasteiger partial charge in [-0.15, -0.1) is 0 Å². The third kappa shape index (κ3) is 4.92. The molecule has 0 saturated carbocycles. The van der Waals surface area contributed by atoms with Crippen LogP contribution in [0.5, 0.6) is 5.75 Å². The molecule has 2 aromatic carbocycles. The minimum absolute atomic E-state index is 0. The molecule has 7 nitrogen and oxygen atoms in total. The summed E-state index contributed by atoms with van der Waals surface area (Å²) < 4.78 is 0. The third-order valence-electron chi connectivity index (χ3n) is 2.78. The Kier molecular flexibility index (Phi) is 5.96. The van der Waals surface area contributed by atoms with E-state index < -0.39 is 11.9 Å². The van der Waals surface area contributed by atoms with E-state index in [1.165, 1.54) is 18.2 Å². The topological polar surface area (TPSA) is 120 Å². The van der Waals surface area contributed by atoms with Gasteiger partial charge in [-0.1, -0.05) is 19.6 Å². The molecule has 0 aliphatic rings. The molecule has 23 heavy (non-hydrogen) atoms. The summed E-state index contributed by atoms with van der Waals surface area (Å²) in [5.74, 6) is -2.52. The average Bonchev–Trinajstić information content (AvgIpc) is 2.47. The molecular formula is C16H16N2O5. The lowest BCUT2D eigenvalue weighted by molar-refractivity contribution is -0.136. The Bertz CT molecular complexity index is 739. The van der Waals surface area contributed by atoms with E-state index in [0.29, 0.717) is 11.3 Å². The summed E-state index contributed by atoms with van der Waals surface area (Å²) in [6.07, 6.45) is -0.0721. The van der Waals surface area contributed by atoms with Crippen LogP contribution in [0, 0.1) is 0 Å². The van der Waals surface area contributed by atoms with Crippen LogP contribution in [0.2, 0.25) is 0 Å². The van der Waals surface area contributed by atoms with Gasteiger partial charge in [-0.2, -0.15) is 10.2 Å². The summed E-state index contributed by atoms with van der Waals surface area (Å²) >= 11 is 0. The number of nitrogens with zero attached hydrogens (tertiary/aromatic N) is 2. The summed E-state index contributed by atoms with van der Waals surface area (Å²) in [5, 5.41) is 34.8. The van der Waals surface area contributed by atoms with Gasteiger partial charge in [-0.25, -0.2) is 4.79 Å². The number of aliphatic carboxylic acids is 1. The van der Waals surface area contributed by atoms with Crippen LogP contribution < -0.4 is 0 Å². The lowest BCUT2D eigenvalue weighted by Gasteiger charge is -2.00. The Morgan fingerprint density at radius 2 is 1.48 bits per heavy atom. The van der Waals surface area contributed by atoms with E-state index in [9.17, 15) is 14.7 Å². The first-order valence-electron chi connectivity index (χ1n) is 6.24. The molecule has 0 saturated heterocycles. The molecule has 0 fully saturated rings. The Balaban J connectivity index is 0.00000264. The minimum atomic E-state index is -1.26. The number of carbonyl (C=O) groups is 2. The Morgan fingerprint density at radius 3 is 2.04 bits per heavy atom. The molecule has 0 aromatic heterocycles. The first-order chi connectivity index (χ1) is 10.5. The van der Waals surface area contributed by atoms with Crippen LogP contribution in [-0.2, 0) is 11.2 Å². The molecule has 0 radical (unpaired) electrons. The lowest BCUT2D eigenvalue weighted by Crippen LogP contribution is -1.99. The zero-order chi connectivity index (χ0) is 16.1. The number of benzene rings is 2. The quantitative estimate of drug-likeness (QED) is 0.725. The number of carboxylic acid groups (broad SMARTS) is 2. The fourth-order valence-corrected chi connectivity index (χ4v) is 1.73. The molecule has 0 spiro atoms. The van der Waals surface area contributed by atoms with Crippen molar-refractivity contribution < 1.29 is 24.9 Å². The minimum Gasteiger partial charge on any atom is -0.507 e. The van der Waals surface area contributed by atoms with Crippen molar-refractivity contribution >= 4 is 23.3 Å². The van der Waals surface area contributed by atoms with E-state index in [-0.39, 0.29) is 30.8 Å². The van der Waals surface area contributed by atoms with E-state index in [1.54, 1.807) is 24.3 Å².